The first-order valence-corrected chi connectivity index (χ1v) is 8.81. The van der Waals surface area contributed by atoms with Gasteiger partial charge in [0.1, 0.15) is 5.75 Å². The minimum Gasteiger partial charge on any atom is -0.494 e. The number of nitro benzene ring substituents is 1. The minimum absolute atomic E-state index is 0.0242. The molecule has 0 aliphatic heterocycles. The van der Waals surface area contributed by atoms with Crippen LogP contribution >= 0.6 is 23.8 Å². The number of nitrogens with one attached hydrogen (secondary N) is 2. The number of benzene rings is 3. The Morgan fingerprint density at radius 1 is 1.14 bits per heavy atom. The van der Waals surface area contributed by atoms with Crippen LogP contribution < -0.4 is 15.4 Å². The summed E-state index contributed by atoms with van der Waals surface area (Å²) in [6, 6.07) is 14.6. The summed E-state index contributed by atoms with van der Waals surface area (Å²) in [5, 5.41) is 18.3. The number of rotatable bonds is 4. The lowest BCUT2D eigenvalue weighted by atomic mass is 10.0. The number of hydrogen-bond donors (Lipinski definition) is 2. The van der Waals surface area contributed by atoms with Crippen LogP contribution in [-0.2, 0) is 0 Å². The number of hydrogen-bond acceptors (Lipinski definition) is 5. The zero-order valence-corrected chi connectivity index (χ0v) is 16.1. The highest BCUT2D eigenvalue weighted by Crippen LogP contribution is 2.29. The van der Waals surface area contributed by atoms with Crippen LogP contribution in [0.2, 0.25) is 5.02 Å². The van der Waals surface area contributed by atoms with Gasteiger partial charge in [0.25, 0.3) is 11.6 Å². The summed E-state index contributed by atoms with van der Waals surface area (Å²) < 4.78 is 5.14. The first-order chi connectivity index (χ1) is 13.4. The molecule has 0 radical (unpaired) electrons. The Labute approximate surface area is 170 Å². The molecule has 2 N–H and O–H groups in total. The standard InChI is InChI=1S/C19H14ClN3O4S/c1-27-17-10-11(23(25)26)8-9-16(17)21-19(28)22-18(24)14-6-2-5-13-12(14)4-3-7-15(13)20/h2-10H,1H3,(H2,21,22,24,28). The molecule has 0 atom stereocenters. The summed E-state index contributed by atoms with van der Waals surface area (Å²) in [5.41, 5.74) is 0.684. The van der Waals surface area contributed by atoms with Crippen molar-refractivity contribution in [1.29, 1.82) is 0 Å². The minimum atomic E-state index is -0.530. The van der Waals surface area contributed by atoms with E-state index in [1.54, 1.807) is 30.3 Å². The van der Waals surface area contributed by atoms with Crippen molar-refractivity contribution in [2.24, 2.45) is 0 Å². The van der Waals surface area contributed by atoms with E-state index >= 15 is 0 Å². The Balaban J connectivity index is 1.80. The molecule has 0 aliphatic carbocycles. The number of ether oxygens (including phenoxy) is 1. The number of carbonyl (C=O) groups excluding carboxylic acids is 1. The van der Waals surface area contributed by atoms with E-state index in [0.717, 1.165) is 5.39 Å². The molecule has 0 heterocycles. The number of non-ortho nitro benzene ring substituents is 1. The molecule has 3 aromatic carbocycles. The first-order valence-electron chi connectivity index (χ1n) is 8.02. The van der Waals surface area contributed by atoms with E-state index in [0.29, 0.717) is 21.7 Å². The topological polar surface area (TPSA) is 93.5 Å². The lowest BCUT2D eigenvalue weighted by Crippen LogP contribution is -2.34. The number of nitro groups is 1. The van der Waals surface area contributed by atoms with Crippen LogP contribution in [0.15, 0.2) is 54.6 Å². The number of halogens is 1. The molecule has 0 saturated carbocycles. The second kappa shape index (κ2) is 8.20. The predicted octanol–water partition coefficient (Wildman–Crippen LogP) is 4.54. The average molecular weight is 416 g/mol. The summed E-state index contributed by atoms with van der Waals surface area (Å²) >= 11 is 11.4. The van der Waals surface area contributed by atoms with Gasteiger partial charge in [-0.25, -0.2) is 0 Å². The van der Waals surface area contributed by atoms with Gasteiger partial charge in [-0.2, -0.15) is 0 Å². The molecule has 3 aromatic rings. The van der Waals surface area contributed by atoms with Crippen LogP contribution in [0.5, 0.6) is 5.75 Å². The maximum absolute atomic E-state index is 12.7. The summed E-state index contributed by atoms with van der Waals surface area (Å²) in [4.78, 5) is 23.0. The zero-order valence-electron chi connectivity index (χ0n) is 14.6. The highest BCUT2D eigenvalue weighted by molar-refractivity contribution is 7.80. The van der Waals surface area contributed by atoms with Gasteiger partial charge >= 0.3 is 0 Å². The molecule has 1 amide bonds. The van der Waals surface area contributed by atoms with E-state index in [1.807, 2.05) is 6.07 Å². The molecule has 0 fully saturated rings. The third kappa shape index (κ3) is 4.03. The number of thiocarbonyl (C=S) groups is 1. The molecular formula is C19H14ClN3O4S. The van der Waals surface area contributed by atoms with E-state index in [2.05, 4.69) is 10.6 Å². The first kappa shape index (κ1) is 19.5. The fourth-order valence-corrected chi connectivity index (χ4v) is 3.13. The molecule has 7 nitrogen and oxygen atoms in total. The van der Waals surface area contributed by atoms with Crippen molar-refractivity contribution >= 4 is 57.0 Å². The van der Waals surface area contributed by atoms with Gasteiger partial charge in [-0.15, -0.1) is 0 Å². The van der Waals surface area contributed by atoms with Crippen LogP contribution in [0.25, 0.3) is 10.8 Å². The van der Waals surface area contributed by atoms with Crippen LogP contribution in [0.4, 0.5) is 11.4 Å². The summed E-state index contributed by atoms with van der Waals surface area (Å²) in [6.07, 6.45) is 0. The van der Waals surface area contributed by atoms with Gasteiger partial charge in [0.2, 0.25) is 0 Å². The molecule has 0 saturated heterocycles. The molecule has 0 spiro atoms. The monoisotopic (exact) mass is 415 g/mol. The lowest BCUT2D eigenvalue weighted by molar-refractivity contribution is -0.384. The van der Waals surface area contributed by atoms with E-state index in [9.17, 15) is 14.9 Å². The van der Waals surface area contributed by atoms with Gasteiger partial charge in [0, 0.05) is 22.0 Å². The molecule has 0 aliphatic rings. The quantitative estimate of drug-likeness (QED) is 0.369. The van der Waals surface area contributed by atoms with Gasteiger partial charge < -0.3 is 10.1 Å². The second-order valence-electron chi connectivity index (χ2n) is 5.69. The Hall–Kier alpha value is -3.23. The van der Waals surface area contributed by atoms with Gasteiger partial charge in [0.15, 0.2) is 5.11 Å². The molecule has 9 heteroatoms. The fraction of sp³-hybridized carbons (Fsp3) is 0.0526. The Bertz CT molecular complexity index is 1100. The summed E-state index contributed by atoms with van der Waals surface area (Å²) in [7, 11) is 1.38. The number of nitrogens with zero attached hydrogens (tertiary/aromatic N) is 1. The zero-order chi connectivity index (χ0) is 20.3. The van der Waals surface area contributed by atoms with Crippen molar-refractivity contribution in [1.82, 2.24) is 5.32 Å². The number of fused-ring (bicyclic) bond motifs is 1. The van der Waals surface area contributed by atoms with Crippen molar-refractivity contribution in [3.63, 3.8) is 0 Å². The van der Waals surface area contributed by atoms with Gasteiger partial charge in [0.05, 0.1) is 23.8 Å². The highest BCUT2D eigenvalue weighted by atomic mass is 35.5. The lowest BCUT2D eigenvalue weighted by Gasteiger charge is -2.13. The van der Waals surface area contributed by atoms with Crippen LogP contribution in [-0.4, -0.2) is 23.1 Å². The molecule has 0 bridgehead atoms. The second-order valence-corrected chi connectivity index (χ2v) is 6.51. The SMILES string of the molecule is COc1cc([N+](=O)[O-])ccc1NC(=S)NC(=O)c1cccc2c(Cl)cccc12. The fourth-order valence-electron chi connectivity index (χ4n) is 2.69. The Morgan fingerprint density at radius 3 is 2.57 bits per heavy atom. The smallest absolute Gasteiger partial charge is 0.273 e. The maximum Gasteiger partial charge on any atom is 0.273 e. The van der Waals surface area contributed by atoms with Crippen molar-refractivity contribution in [2.75, 3.05) is 12.4 Å². The van der Waals surface area contributed by atoms with E-state index in [1.165, 1.54) is 25.3 Å². The number of methoxy groups -OCH3 is 1. The van der Waals surface area contributed by atoms with Crippen molar-refractivity contribution in [3.8, 4) is 5.75 Å². The van der Waals surface area contributed by atoms with Crippen molar-refractivity contribution < 1.29 is 14.5 Å². The molecule has 142 valence electrons. The normalized spacial score (nSPS) is 10.4. The molecular weight excluding hydrogens is 402 g/mol. The van der Waals surface area contributed by atoms with Crippen molar-refractivity contribution in [2.45, 2.75) is 0 Å². The van der Waals surface area contributed by atoms with Gasteiger partial charge in [-0.3, -0.25) is 20.2 Å². The van der Waals surface area contributed by atoms with Crippen LogP contribution in [0.1, 0.15) is 10.4 Å². The number of anilines is 1. The molecule has 0 aromatic heterocycles. The van der Waals surface area contributed by atoms with Gasteiger partial charge in [-0.05, 0) is 35.8 Å². The van der Waals surface area contributed by atoms with E-state index < -0.39 is 10.8 Å². The summed E-state index contributed by atoms with van der Waals surface area (Å²) in [6.45, 7) is 0. The molecule has 28 heavy (non-hydrogen) atoms. The van der Waals surface area contributed by atoms with E-state index in [-0.39, 0.29) is 16.5 Å². The van der Waals surface area contributed by atoms with Crippen LogP contribution in [0, 0.1) is 10.1 Å². The molecule has 3 rings (SSSR count). The number of amides is 1. The molecule has 0 unspecified atom stereocenters. The van der Waals surface area contributed by atoms with Gasteiger partial charge in [-0.1, -0.05) is 35.9 Å². The maximum atomic E-state index is 12.7. The third-order valence-electron chi connectivity index (χ3n) is 3.98. The predicted molar refractivity (Wildman–Crippen MR) is 112 cm³/mol. The highest BCUT2D eigenvalue weighted by Gasteiger charge is 2.15. The van der Waals surface area contributed by atoms with Crippen LogP contribution in [0.3, 0.4) is 0 Å². The average Bonchev–Trinajstić information content (AvgIpc) is 2.68. The largest absolute Gasteiger partial charge is 0.494 e. The number of carbonyl (C=O) groups is 1. The Kier molecular flexibility index (Phi) is 5.72. The Morgan fingerprint density at radius 2 is 1.86 bits per heavy atom. The third-order valence-corrected chi connectivity index (χ3v) is 4.52. The van der Waals surface area contributed by atoms with Crippen molar-refractivity contribution in [3.05, 3.63) is 75.3 Å². The van der Waals surface area contributed by atoms with E-state index in [4.69, 9.17) is 28.6 Å². The summed E-state index contributed by atoms with van der Waals surface area (Å²) in [5.74, 6) is -0.186.